The van der Waals surface area contributed by atoms with Crippen LogP contribution in [0.5, 0.6) is 0 Å². The van der Waals surface area contributed by atoms with E-state index in [1.807, 2.05) is 73.7 Å². The standard InChI is InChI=1S/C28H34N2O2/c1-22(19-27(31)29(3)23(2)28(32)26-17-11-6-12-18-26)30(20-24-13-7-4-8-14-24)21-25-15-9-5-10-16-25/h4-18,22-23,28,32H,19-21H2,1-3H3/t22-,23-,28+/m0/s1. The summed E-state index contributed by atoms with van der Waals surface area (Å²) < 4.78 is 0. The maximum absolute atomic E-state index is 13.1. The minimum Gasteiger partial charge on any atom is -0.386 e. The average molecular weight is 431 g/mol. The van der Waals surface area contributed by atoms with Gasteiger partial charge in [-0.25, -0.2) is 0 Å². The lowest BCUT2D eigenvalue weighted by Crippen LogP contribution is -2.42. The first-order chi connectivity index (χ1) is 15.5. The van der Waals surface area contributed by atoms with Gasteiger partial charge in [-0.05, 0) is 30.5 Å². The third-order valence-corrected chi connectivity index (χ3v) is 6.15. The molecule has 3 aromatic rings. The van der Waals surface area contributed by atoms with Crippen LogP contribution in [-0.2, 0) is 17.9 Å². The molecule has 0 unspecified atom stereocenters. The van der Waals surface area contributed by atoms with Crippen LogP contribution < -0.4 is 0 Å². The molecule has 0 aliphatic heterocycles. The van der Waals surface area contributed by atoms with Gasteiger partial charge in [-0.15, -0.1) is 0 Å². The van der Waals surface area contributed by atoms with Gasteiger partial charge in [0.25, 0.3) is 0 Å². The van der Waals surface area contributed by atoms with Crippen LogP contribution in [0.2, 0.25) is 0 Å². The number of likely N-dealkylation sites (N-methyl/N-ethyl adjacent to an activating group) is 1. The van der Waals surface area contributed by atoms with Crippen molar-refractivity contribution >= 4 is 5.91 Å². The van der Waals surface area contributed by atoms with E-state index >= 15 is 0 Å². The molecule has 0 spiro atoms. The fraction of sp³-hybridized carbons (Fsp3) is 0.321. The van der Waals surface area contributed by atoms with E-state index in [9.17, 15) is 9.90 Å². The van der Waals surface area contributed by atoms with Crippen molar-refractivity contribution in [2.75, 3.05) is 7.05 Å². The van der Waals surface area contributed by atoms with Gasteiger partial charge in [0.05, 0.1) is 12.1 Å². The summed E-state index contributed by atoms with van der Waals surface area (Å²) >= 11 is 0. The fourth-order valence-corrected chi connectivity index (χ4v) is 3.90. The molecule has 1 N–H and O–H groups in total. The van der Waals surface area contributed by atoms with Gasteiger partial charge in [-0.2, -0.15) is 0 Å². The molecule has 0 radical (unpaired) electrons. The van der Waals surface area contributed by atoms with E-state index in [-0.39, 0.29) is 18.0 Å². The Balaban J connectivity index is 1.68. The Hall–Kier alpha value is -2.95. The predicted octanol–water partition coefficient (Wildman–Crippen LogP) is 5.05. The number of aliphatic hydroxyl groups excluding tert-OH is 1. The zero-order valence-corrected chi connectivity index (χ0v) is 19.3. The summed E-state index contributed by atoms with van der Waals surface area (Å²) in [5, 5.41) is 10.7. The minimum absolute atomic E-state index is 0.0334. The Morgan fingerprint density at radius 2 is 1.22 bits per heavy atom. The molecule has 1 amide bonds. The number of rotatable bonds is 10. The smallest absolute Gasteiger partial charge is 0.224 e. The number of hydrogen-bond donors (Lipinski definition) is 1. The van der Waals surface area contributed by atoms with Gasteiger partial charge in [-0.3, -0.25) is 9.69 Å². The zero-order valence-electron chi connectivity index (χ0n) is 19.3. The molecule has 0 fully saturated rings. The Bertz CT molecular complexity index is 905. The van der Waals surface area contributed by atoms with E-state index in [0.29, 0.717) is 6.42 Å². The molecule has 3 atom stereocenters. The van der Waals surface area contributed by atoms with Crippen molar-refractivity contribution in [3.8, 4) is 0 Å². The van der Waals surface area contributed by atoms with Crippen LogP contribution in [0.1, 0.15) is 43.1 Å². The summed E-state index contributed by atoms with van der Waals surface area (Å²) in [4.78, 5) is 17.1. The molecule has 32 heavy (non-hydrogen) atoms. The van der Waals surface area contributed by atoms with Gasteiger partial charge >= 0.3 is 0 Å². The second kappa shape index (κ2) is 11.6. The van der Waals surface area contributed by atoms with Crippen molar-refractivity contribution in [2.24, 2.45) is 0 Å². The predicted molar refractivity (Wildman–Crippen MR) is 130 cm³/mol. The number of carbonyl (C=O) groups excluding carboxylic acids is 1. The lowest BCUT2D eigenvalue weighted by molar-refractivity contribution is -0.135. The molecular weight excluding hydrogens is 396 g/mol. The van der Waals surface area contributed by atoms with Crippen LogP contribution in [0, 0.1) is 0 Å². The van der Waals surface area contributed by atoms with Crippen molar-refractivity contribution in [3.63, 3.8) is 0 Å². The van der Waals surface area contributed by atoms with Gasteiger partial charge in [0, 0.05) is 32.6 Å². The van der Waals surface area contributed by atoms with Crippen LogP contribution in [0.3, 0.4) is 0 Å². The molecule has 3 rings (SSSR count). The normalized spacial score (nSPS) is 14.0. The lowest BCUT2D eigenvalue weighted by atomic mass is 10.0. The molecule has 4 heteroatoms. The van der Waals surface area contributed by atoms with Gasteiger partial charge in [0.1, 0.15) is 0 Å². The molecule has 4 nitrogen and oxygen atoms in total. The lowest BCUT2D eigenvalue weighted by Gasteiger charge is -2.33. The number of nitrogens with zero attached hydrogens (tertiary/aromatic N) is 2. The topological polar surface area (TPSA) is 43.8 Å². The summed E-state index contributed by atoms with van der Waals surface area (Å²) in [6.45, 7) is 5.55. The fourth-order valence-electron chi connectivity index (χ4n) is 3.90. The van der Waals surface area contributed by atoms with Crippen molar-refractivity contribution in [2.45, 2.75) is 51.5 Å². The van der Waals surface area contributed by atoms with Crippen LogP contribution in [-0.4, -0.2) is 39.9 Å². The summed E-state index contributed by atoms with van der Waals surface area (Å²) in [5.74, 6) is 0.0334. The van der Waals surface area contributed by atoms with Crippen LogP contribution >= 0.6 is 0 Å². The molecule has 168 valence electrons. The Morgan fingerprint density at radius 3 is 1.69 bits per heavy atom. The third-order valence-electron chi connectivity index (χ3n) is 6.15. The first kappa shape index (κ1) is 23.7. The quantitative estimate of drug-likeness (QED) is 0.490. The molecular formula is C28H34N2O2. The Morgan fingerprint density at radius 1 is 0.781 bits per heavy atom. The summed E-state index contributed by atoms with van der Waals surface area (Å²) in [6, 6.07) is 30.0. The monoisotopic (exact) mass is 430 g/mol. The summed E-state index contributed by atoms with van der Waals surface area (Å²) in [6.07, 6.45) is -0.327. The van der Waals surface area contributed by atoms with Gasteiger partial charge in [0.15, 0.2) is 0 Å². The average Bonchev–Trinajstić information content (AvgIpc) is 2.84. The zero-order chi connectivity index (χ0) is 22.9. The number of aliphatic hydroxyl groups is 1. The minimum atomic E-state index is -0.717. The van der Waals surface area contributed by atoms with Crippen LogP contribution in [0.4, 0.5) is 0 Å². The molecule has 0 aliphatic rings. The van der Waals surface area contributed by atoms with E-state index in [0.717, 1.165) is 18.7 Å². The first-order valence-electron chi connectivity index (χ1n) is 11.3. The second-order valence-corrected chi connectivity index (χ2v) is 8.53. The molecule has 3 aromatic carbocycles. The van der Waals surface area contributed by atoms with Crippen LogP contribution in [0.15, 0.2) is 91.0 Å². The molecule has 0 aromatic heterocycles. The largest absolute Gasteiger partial charge is 0.386 e. The Labute approximate surface area is 192 Å². The van der Waals surface area contributed by atoms with Gasteiger partial charge in [0.2, 0.25) is 5.91 Å². The van der Waals surface area contributed by atoms with Gasteiger partial charge in [-0.1, -0.05) is 91.0 Å². The summed E-state index contributed by atoms with van der Waals surface area (Å²) in [5.41, 5.74) is 3.27. The SMILES string of the molecule is C[C@@H](CC(=O)N(C)[C@@H](C)[C@@H](O)c1ccccc1)N(Cc1ccccc1)Cc1ccccc1. The number of benzene rings is 3. The maximum Gasteiger partial charge on any atom is 0.224 e. The highest BCUT2D eigenvalue weighted by Gasteiger charge is 2.26. The van der Waals surface area contributed by atoms with Gasteiger partial charge < -0.3 is 10.0 Å². The highest BCUT2D eigenvalue weighted by atomic mass is 16.3. The molecule has 0 aliphatic carbocycles. The van der Waals surface area contributed by atoms with Crippen molar-refractivity contribution in [1.82, 2.24) is 9.80 Å². The molecule has 0 saturated heterocycles. The van der Waals surface area contributed by atoms with E-state index in [2.05, 4.69) is 36.1 Å². The van der Waals surface area contributed by atoms with Crippen LogP contribution in [0.25, 0.3) is 0 Å². The van der Waals surface area contributed by atoms with E-state index in [1.54, 1.807) is 11.9 Å². The van der Waals surface area contributed by atoms with Crippen molar-refractivity contribution in [1.29, 1.82) is 0 Å². The van der Waals surface area contributed by atoms with E-state index < -0.39 is 6.10 Å². The molecule has 0 saturated carbocycles. The van der Waals surface area contributed by atoms with Crippen molar-refractivity contribution in [3.05, 3.63) is 108 Å². The number of hydrogen-bond acceptors (Lipinski definition) is 3. The second-order valence-electron chi connectivity index (χ2n) is 8.53. The number of carbonyl (C=O) groups is 1. The maximum atomic E-state index is 13.1. The van der Waals surface area contributed by atoms with Crippen molar-refractivity contribution < 1.29 is 9.90 Å². The first-order valence-corrected chi connectivity index (χ1v) is 11.3. The third kappa shape index (κ3) is 6.52. The number of amides is 1. The molecule has 0 bridgehead atoms. The summed E-state index contributed by atoms with van der Waals surface area (Å²) in [7, 11) is 1.78. The highest BCUT2D eigenvalue weighted by molar-refractivity contribution is 5.76. The van der Waals surface area contributed by atoms with E-state index in [1.165, 1.54) is 11.1 Å². The molecule has 0 heterocycles. The van der Waals surface area contributed by atoms with E-state index in [4.69, 9.17) is 0 Å². The Kier molecular flexibility index (Phi) is 8.60. The highest BCUT2D eigenvalue weighted by Crippen LogP contribution is 2.22.